The zero-order valence-corrected chi connectivity index (χ0v) is 16.0. The Labute approximate surface area is 160 Å². The summed E-state index contributed by atoms with van der Waals surface area (Å²) in [7, 11) is 0. The third kappa shape index (κ3) is 4.00. The van der Waals surface area contributed by atoms with E-state index in [9.17, 15) is 9.59 Å². The van der Waals surface area contributed by atoms with Crippen LogP contribution in [0.3, 0.4) is 0 Å². The van der Waals surface area contributed by atoms with E-state index in [4.69, 9.17) is 9.73 Å². The van der Waals surface area contributed by atoms with Crippen LogP contribution in [0.2, 0.25) is 0 Å². The van der Waals surface area contributed by atoms with Gasteiger partial charge in [0.2, 0.25) is 5.90 Å². The molecule has 0 spiro atoms. The minimum Gasteiger partial charge on any atom is -0.405 e. The number of nitrogens with zero attached hydrogens (tertiary/aromatic N) is 1. The molecule has 0 N–H and O–H groups in total. The fraction of sp³-hybridized carbons (Fsp3) is 0.348. The molecule has 27 heavy (non-hydrogen) atoms. The van der Waals surface area contributed by atoms with Gasteiger partial charge in [0.25, 0.3) is 0 Å². The summed E-state index contributed by atoms with van der Waals surface area (Å²) in [5.74, 6) is -0.138. The molecule has 0 saturated heterocycles. The number of carbonyl (C=O) groups is 2. The van der Waals surface area contributed by atoms with Crippen molar-refractivity contribution in [1.82, 2.24) is 0 Å². The molecule has 4 heteroatoms. The van der Waals surface area contributed by atoms with Crippen molar-refractivity contribution < 1.29 is 14.3 Å². The minimum atomic E-state index is -1.09. The number of rotatable bonds is 7. The predicted octanol–water partition coefficient (Wildman–Crippen LogP) is 4.54. The summed E-state index contributed by atoms with van der Waals surface area (Å²) in [5.41, 5.74) is 0.612. The van der Waals surface area contributed by atoms with Crippen molar-refractivity contribution in [3.05, 3.63) is 71.8 Å². The molecule has 2 atom stereocenters. The molecule has 0 saturated carbocycles. The Morgan fingerprint density at radius 1 is 1.04 bits per heavy atom. The van der Waals surface area contributed by atoms with Crippen LogP contribution in [-0.2, 0) is 14.3 Å². The van der Waals surface area contributed by atoms with E-state index in [2.05, 4.69) is 13.8 Å². The first-order chi connectivity index (χ1) is 12.9. The number of carbonyl (C=O) groups excluding carboxylic acids is 2. The average Bonchev–Trinajstić information content (AvgIpc) is 2.97. The Morgan fingerprint density at radius 3 is 2.19 bits per heavy atom. The van der Waals surface area contributed by atoms with Gasteiger partial charge in [0, 0.05) is 17.9 Å². The summed E-state index contributed by atoms with van der Waals surface area (Å²) in [6.07, 6.45) is 0.770. The lowest BCUT2D eigenvalue weighted by molar-refractivity contribution is -0.140. The molecule has 0 aromatic heterocycles. The van der Waals surface area contributed by atoms with E-state index in [0.29, 0.717) is 12.3 Å². The highest BCUT2D eigenvalue weighted by atomic mass is 16.6. The normalized spacial score (nSPS) is 20.3. The lowest BCUT2D eigenvalue weighted by Gasteiger charge is -2.33. The third-order valence-electron chi connectivity index (χ3n) is 4.85. The highest BCUT2D eigenvalue weighted by molar-refractivity contribution is 6.08. The fourth-order valence-corrected chi connectivity index (χ4v) is 3.78. The lowest BCUT2D eigenvalue weighted by atomic mass is 9.72. The van der Waals surface area contributed by atoms with Crippen LogP contribution < -0.4 is 0 Å². The first-order valence-corrected chi connectivity index (χ1v) is 9.34. The van der Waals surface area contributed by atoms with E-state index < -0.39 is 5.54 Å². The number of hydrogen-bond acceptors (Lipinski definition) is 4. The van der Waals surface area contributed by atoms with Crippen LogP contribution in [0, 0.1) is 5.92 Å². The van der Waals surface area contributed by atoms with Crippen molar-refractivity contribution >= 4 is 17.7 Å². The maximum atomic E-state index is 13.2. The second-order valence-electron chi connectivity index (χ2n) is 7.56. The first kappa shape index (κ1) is 19.0. The zero-order chi connectivity index (χ0) is 19.4. The molecule has 0 amide bonds. The highest BCUT2D eigenvalue weighted by Gasteiger charge is 2.53. The number of hydrogen-bond donors (Lipinski definition) is 0. The van der Waals surface area contributed by atoms with Crippen LogP contribution in [0.1, 0.15) is 50.7 Å². The number of Topliss-reactive ketones (excluding diaryl/α,β-unsaturated/α-hetero) is 1. The molecule has 0 unspecified atom stereocenters. The standard InChI is InChI=1S/C23H25NO3/c1-16(2)15-23(20(14-17(3)25)18-10-6-4-7-11-18)22(26)27-21(24-23)19-12-8-5-9-13-19/h4-13,16,20H,14-15H2,1-3H3/t20-,23-/m0/s1. The molecule has 4 nitrogen and oxygen atoms in total. The van der Waals surface area contributed by atoms with Gasteiger partial charge < -0.3 is 9.53 Å². The summed E-state index contributed by atoms with van der Waals surface area (Å²) in [6, 6.07) is 19.1. The van der Waals surface area contributed by atoms with Gasteiger partial charge in [0.1, 0.15) is 5.78 Å². The molecule has 0 fully saturated rings. The Balaban J connectivity index is 2.14. The number of ether oxygens (including phenoxy) is 1. The van der Waals surface area contributed by atoms with E-state index in [0.717, 1.165) is 11.1 Å². The molecule has 2 aromatic rings. The van der Waals surface area contributed by atoms with Gasteiger partial charge in [-0.1, -0.05) is 62.4 Å². The summed E-state index contributed by atoms with van der Waals surface area (Å²) in [5, 5.41) is 0. The van der Waals surface area contributed by atoms with Crippen molar-refractivity contribution in [2.24, 2.45) is 10.9 Å². The Morgan fingerprint density at radius 2 is 1.63 bits per heavy atom. The smallest absolute Gasteiger partial charge is 0.341 e. The quantitative estimate of drug-likeness (QED) is 0.679. The van der Waals surface area contributed by atoms with Crippen LogP contribution in [0.5, 0.6) is 0 Å². The predicted molar refractivity (Wildman–Crippen MR) is 106 cm³/mol. The molecule has 0 radical (unpaired) electrons. The molecule has 0 bridgehead atoms. The second-order valence-corrected chi connectivity index (χ2v) is 7.56. The Kier molecular flexibility index (Phi) is 5.54. The summed E-state index contributed by atoms with van der Waals surface area (Å²) in [4.78, 5) is 30.1. The van der Waals surface area contributed by atoms with Crippen LogP contribution in [0.15, 0.2) is 65.7 Å². The van der Waals surface area contributed by atoms with Gasteiger partial charge in [-0.25, -0.2) is 9.79 Å². The van der Waals surface area contributed by atoms with Crippen molar-refractivity contribution in [2.75, 3.05) is 0 Å². The Hall–Kier alpha value is -2.75. The van der Waals surface area contributed by atoms with Crippen molar-refractivity contribution in [2.45, 2.75) is 45.1 Å². The van der Waals surface area contributed by atoms with E-state index in [1.807, 2.05) is 60.7 Å². The number of esters is 1. The van der Waals surface area contributed by atoms with Gasteiger partial charge in [0.05, 0.1) is 0 Å². The number of benzene rings is 2. The average molecular weight is 363 g/mol. The van der Waals surface area contributed by atoms with E-state index >= 15 is 0 Å². The molecular weight excluding hydrogens is 338 g/mol. The van der Waals surface area contributed by atoms with Crippen LogP contribution in [0.25, 0.3) is 0 Å². The minimum absolute atomic E-state index is 0.0307. The zero-order valence-electron chi connectivity index (χ0n) is 16.0. The van der Waals surface area contributed by atoms with Crippen molar-refractivity contribution in [1.29, 1.82) is 0 Å². The maximum absolute atomic E-state index is 13.2. The SMILES string of the molecule is CC(=O)C[C@@H](c1ccccc1)[C@]1(CC(C)C)N=C(c2ccccc2)OC1=O. The van der Waals surface area contributed by atoms with Crippen LogP contribution >= 0.6 is 0 Å². The number of cyclic esters (lactones) is 1. The number of ketones is 1. The molecular formula is C23H25NO3. The van der Waals surface area contributed by atoms with Gasteiger partial charge >= 0.3 is 5.97 Å². The topological polar surface area (TPSA) is 55.7 Å². The molecule has 140 valence electrons. The monoisotopic (exact) mass is 363 g/mol. The molecule has 1 aliphatic heterocycles. The fourth-order valence-electron chi connectivity index (χ4n) is 3.78. The summed E-state index contributed by atoms with van der Waals surface area (Å²) >= 11 is 0. The van der Waals surface area contributed by atoms with Crippen LogP contribution in [0.4, 0.5) is 0 Å². The van der Waals surface area contributed by atoms with E-state index in [1.165, 1.54) is 0 Å². The summed E-state index contributed by atoms with van der Waals surface area (Å²) in [6.45, 7) is 5.67. The Bertz CT molecular complexity index is 842. The van der Waals surface area contributed by atoms with E-state index in [1.54, 1.807) is 6.92 Å². The van der Waals surface area contributed by atoms with Gasteiger partial charge in [-0.05, 0) is 37.0 Å². The van der Waals surface area contributed by atoms with Crippen molar-refractivity contribution in [3.63, 3.8) is 0 Å². The molecule has 0 aliphatic carbocycles. The molecule has 2 aromatic carbocycles. The first-order valence-electron chi connectivity index (χ1n) is 9.34. The highest BCUT2D eigenvalue weighted by Crippen LogP contribution is 2.43. The van der Waals surface area contributed by atoms with Gasteiger partial charge in [-0.3, -0.25) is 0 Å². The second kappa shape index (κ2) is 7.87. The lowest BCUT2D eigenvalue weighted by Crippen LogP contribution is -2.42. The number of aliphatic imine (C=N–C) groups is 1. The third-order valence-corrected chi connectivity index (χ3v) is 4.85. The molecule has 1 heterocycles. The van der Waals surface area contributed by atoms with Gasteiger partial charge in [-0.15, -0.1) is 0 Å². The largest absolute Gasteiger partial charge is 0.405 e. The molecule has 1 aliphatic rings. The van der Waals surface area contributed by atoms with Gasteiger partial charge in [-0.2, -0.15) is 0 Å². The molecule has 3 rings (SSSR count). The van der Waals surface area contributed by atoms with Crippen molar-refractivity contribution in [3.8, 4) is 0 Å². The maximum Gasteiger partial charge on any atom is 0.341 e. The summed E-state index contributed by atoms with van der Waals surface area (Å²) < 4.78 is 5.65. The van der Waals surface area contributed by atoms with Crippen LogP contribution in [-0.4, -0.2) is 23.2 Å². The van der Waals surface area contributed by atoms with Gasteiger partial charge in [0.15, 0.2) is 5.54 Å². The van der Waals surface area contributed by atoms with E-state index in [-0.39, 0.29) is 30.0 Å².